The molecular formula is C24H17ClO4. The van der Waals surface area contributed by atoms with Crippen molar-refractivity contribution in [3.8, 4) is 11.5 Å². The molecule has 0 N–H and O–H groups in total. The van der Waals surface area contributed by atoms with Crippen molar-refractivity contribution in [1.82, 2.24) is 0 Å². The van der Waals surface area contributed by atoms with E-state index in [0.717, 1.165) is 5.56 Å². The molecule has 3 aromatic carbocycles. The van der Waals surface area contributed by atoms with Gasteiger partial charge in [0.15, 0.2) is 23.1 Å². The fourth-order valence-electron chi connectivity index (χ4n) is 3.23. The minimum Gasteiger partial charge on any atom is -0.493 e. The highest BCUT2D eigenvalue weighted by Gasteiger charge is 2.32. The molecule has 0 atom stereocenters. The van der Waals surface area contributed by atoms with Gasteiger partial charge in [0.05, 0.1) is 12.7 Å². The van der Waals surface area contributed by atoms with Crippen molar-refractivity contribution >= 4 is 29.2 Å². The Hall–Kier alpha value is -3.37. The van der Waals surface area contributed by atoms with E-state index >= 15 is 0 Å². The summed E-state index contributed by atoms with van der Waals surface area (Å²) in [5.74, 6) is 0.524. The van der Waals surface area contributed by atoms with Crippen molar-refractivity contribution in [2.75, 3.05) is 7.11 Å². The average molecular weight is 405 g/mol. The molecule has 0 aliphatic heterocycles. The molecular weight excluding hydrogens is 388 g/mol. The van der Waals surface area contributed by atoms with E-state index in [2.05, 4.69) is 0 Å². The monoisotopic (exact) mass is 404 g/mol. The number of hydrogen-bond donors (Lipinski definition) is 0. The van der Waals surface area contributed by atoms with E-state index in [-0.39, 0.29) is 17.1 Å². The van der Waals surface area contributed by atoms with Crippen molar-refractivity contribution in [1.29, 1.82) is 0 Å². The van der Waals surface area contributed by atoms with Crippen LogP contribution in [0, 0.1) is 0 Å². The molecule has 1 aliphatic rings. The Kier molecular flexibility index (Phi) is 5.19. The second-order valence-electron chi connectivity index (χ2n) is 6.55. The van der Waals surface area contributed by atoms with Gasteiger partial charge in [-0.2, -0.15) is 0 Å². The Morgan fingerprint density at radius 3 is 2.17 bits per heavy atom. The highest BCUT2D eigenvalue weighted by Crippen LogP contribution is 2.32. The van der Waals surface area contributed by atoms with E-state index in [1.807, 2.05) is 18.2 Å². The van der Waals surface area contributed by atoms with E-state index in [0.29, 0.717) is 39.8 Å². The van der Waals surface area contributed by atoms with Crippen LogP contribution in [0.3, 0.4) is 0 Å². The molecule has 29 heavy (non-hydrogen) atoms. The van der Waals surface area contributed by atoms with Crippen LogP contribution in [0.2, 0.25) is 5.02 Å². The molecule has 0 spiro atoms. The van der Waals surface area contributed by atoms with Crippen LogP contribution in [0.4, 0.5) is 0 Å². The third-order valence-corrected chi connectivity index (χ3v) is 5.11. The third kappa shape index (κ3) is 3.67. The fraction of sp³-hybridized carbons (Fsp3) is 0.0833. The molecule has 144 valence electrons. The summed E-state index contributed by atoms with van der Waals surface area (Å²) in [5.41, 5.74) is 2.57. The standard InChI is InChI=1S/C24H17ClO4/c1-28-22-13-15(10-11-21(22)29-14-16-6-2-5-9-20(16)25)12-19-23(26)17-7-3-4-8-18(17)24(19)27/h2-13H,14H2,1H3. The van der Waals surface area contributed by atoms with Gasteiger partial charge >= 0.3 is 0 Å². The van der Waals surface area contributed by atoms with Crippen LogP contribution >= 0.6 is 11.6 Å². The number of allylic oxidation sites excluding steroid dienone is 1. The van der Waals surface area contributed by atoms with Crippen LogP contribution in [0.5, 0.6) is 11.5 Å². The smallest absolute Gasteiger partial charge is 0.197 e. The molecule has 0 radical (unpaired) electrons. The van der Waals surface area contributed by atoms with Crippen molar-refractivity contribution in [2.45, 2.75) is 6.61 Å². The number of carbonyl (C=O) groups is 2. The molecule has 4 rings (SSSR count). The predicted molar refractivity (Wildman–Crippen MR) is 112 cm³/mol. The molecule has 4 nitrogen and oxygen atoms in total. The first-order valence-electron chi connectivity index (χ1n) is 9.03. The summed E-state index contributed by atoms with van der Waals surface area (Å²) < 4.78 is 11.3. The molecule has 0 unspecified atom stereocenters. The molecule has 0 heterocycles. The maximum Gasteiger partial charge on any atom is 0.197 e. The summed E-state index contributed by atoms with van der Waals surface area (Å²) >= 11 is 6.17. The van der Waals surface area contributed by atoms with Gasteiger partial charge in [-0.1, -0.05) is 60.1 Å². The second kappa shape index (κ2) is 7.94. The highest BCUT2D eigenvalue weighted by molar-refractivity contribution is 6.41. The topological polar surface area (TPSA) is 52.6 Å². The van der Waals surface area contributed by atoms with Crippen LogP contribution in [-0.2, 0) is 6.61 Å². The third-order valence-electron chi connectivity index (χ3n) is 4.75. The quantitative estimate of drug-likeness (QED) is 0.422. The first-order chi connectivity index (χ1) is 14.1. The van der Waals surface area contributed by atoms with E-state index in [1.54, 1.807) is 54.6 Å². The van der Waals surface area contributed by atoms with E-state index < -0.39 is 0 Å². The Labute approximate surface area is 173 Å². The zero-order valence-corrected chi connectivity index (χ0v) is 16.4. The fourth-order valence-corrected chi connectivity index (χ4v) is 3.42. The molecule has 0 aromatic heterocycles. The largest absolute Gasteiger partial charge is 0.493 e. The van der Waals surface area contributed by atoms with Gasteiger partial charge in [0.1, 0.15) is 6.61 Å². The van der Waals surface area contributed by atoms with Gasteiger partial charge in [-0.3, -0.25) is 9.59 Å². The number of benzene rings is 3. The van der Waals surface area contributed by atoms with E-state index in [4.69, 9.17) is 21.1 Å². The first kappa shape index (κ1) is 19.0. The Balaban J connectivity index is 1.59. The minimum absolute atomic E-state index is 0.151. The number of fused-ring (bicyclic) bond motifs is 1. The number of ketones is 2. The molecule has 0 amide bonds. The lowest BCUT2D eigenvalue weighted by molar-refractivity contribution is 0.0990. The molecule has 3 aromatic rings. The number of methoxy groups -OCH3 is 1. The lowest BCUT2D eigenvalue weighted by atomic mass is 10.1. The molecule has 5 heteroatoms. The normalized spacial score (nSPS) is 12.7. The molecule has 1 aliphatic carbocycles. The Morgan fingerprint density at radius 1 is 0.862 bits per heavy atom. The Bertz CT molecular complexity index is 1110. The summed E-state index contributed by atoms with van der Waals surface area (Å²) in [6.45, 7) is 0.294. The SMILES string of the molecule is COc1cc(C=C2C(=O)c3ccccc3C2=O)ccc1OCc1ccccc1Cl. The van der Waals surface area contributed by atoms with Gasteiger partial charge in [-0.15, -0.1) is 0 Å². The van der Waals surface area contributed by atoms with Crippen molar-refractivity contribution in [3.63, 3.8) is 0 Å². The number of halogens is 1. The zero-order chi connectivity index (χ0) is 20.4. The predicted octanol–water partition coefficient (Wildman–Crippen LogP) is 5.39. The van der Waals surface area contributed by atoms with Crippen LogP contribution in [0.1, 0.15) is 31.8 Å². The maximum absolute atomic E-state index is 12.6. The van der Waals surface area contributed by atoms with Gasteiger partial charge in [-0.25, -0.2) is 0 Å². The van der Waals surface area contributed by atoms with Crippen LogP contribution in [0.15, 0.2) is 72.3 Å². The second-order valence-corrected chi connectivity index (χ2v) is 6.96. The van der Waals surface area contributed by atoms with Gasteiger partial charge in [0.25, 0.3) is 0 Å². The van der Waals surface area contributed by atoms with Crippen LogP contribution in [0.25, 0.3) is 6.08 Å². The van der Waals surface area contributed by atoms with Gasteiger partial charge in [0, 0.05) is 21.7 Å². The lowest BCUT2D eigenvalue weighted by Gasteiger charge is -2.12. The number of carbonyl (C=O) groups excluding carboxylic acids is 2. The Morgan fingerprint density at radius 2 is 1.52 bits per heavy atom. The molecule has 0 saturated carbocycles. The summed E-state index contributed by atoms with van der Waals surface area (Å²) in [7, 11) is 1.54. The summed E-state index contributed by atoms with van der Waals surface area (Å²) in [4.78, 5) is 25.1. The zero-order valence-electron chi connectivity index (χ0n) is 15.6. The number of rotatable bonds is 5. The molecule has 0 bridgehead atoms. The van der Waals surface area contributed by atoms with Crippen molar-refractivity contribution in [3.05, 3.63) is 99.6 Å². The number of Topliss-reactive ketones (excluding diaryl/α,β-unsaturated/α-hetero) is 2. The van der Waals surface area contributed by atoms with Crippen LogP contribution in [-0.4, -0.2) is 18.7 Å². The van der Waals surface area contributed by atoms with Gasteiger partial charge in [0.2, 0.25) is 0 Å². The molecule has 0 fully saturated rings. The minimum atomic E-state index is -0.261. The molecule has 0 saturated heterocycles. The lowest BCUT2D eigenvalue weighted by Crippen LogP contribution is -2.01. The number of ether oxygens (including phenoxy) is 2. The maximum atomic E-state index is 12.6. The van der Waals surface area contributed by atoms with E-state index in [1.165, 1.54) is 7.11 Å². The summed E-state index contributed by atoms with van der Waals surface area (Å²) in [6.07, 6.45) is 1.59. The van der Waals surface area contributed by atoms with E-state index in [9.17, 15) is 9.59 Å². The summed E-state index contributed by atoms with van der Waals surface area (Å²) in [6, 6.07) is 19.6. The summed E-state index contributed by atoms with van der Waals surface area (Å²) in [5, 5.41) is 0.630. The van der Waals surface area contributed by atoms with Gasteiger partial charge < -0.3 is 9.47 Å². The van der Waals surface area contributed by atoms with Crippen molar-refractivity contribution < 1.29 is 19.1 Å². The van der Waals surface area contributed by atoms with Crippen molar-refractivity contribution in [2.24, 2.45) is 0 Å². The van der Waals surface area contributed by atoms with Gasteiger partial charge in [-0.05, 0) is 29.8 Å². The highest BCUT2D eigenvalue weighted by atomic mass is 35.5. The number of hydrogen-bond acceptors (Lipinski definition) is 4. The first-order valence-corrected chi connectivity index (χ1v) is 9.40. The van der Waals surface area contributed by atoms with Crippen LogP contribution < -0.4 is 9.47 Å². The average Bonchev–Trinajstić information content (AvgIpc) is 2.99.